The number of aldehydes is 2. The maximum absolute atomic E-state index is 14.1. The van der Waals surface area contributed by atoms with Crippen molar-refractivity contribution >= 4 is 30.4 Å². The van der Waals surface area contributed by atoms with Gasteiger partial charge in [0.05, 0.1) is 12.3 Å². The first-order valence-corrected chi connectivity index (χ1v) is 23.5. The number of hydrogen-bond acceptors (Lipinski definition) is 8. The lowest BCUT2D eigenvalue weighted by molar-refractivity contribution is -0.212. The minimum atomic E-state index is -2.66. The van der Waals surface area contributed by atoms with Crippen molar-refractivity contribution < 1.29 is 39.9 Å². The fourth-order valence-electron chi connectivity index (χ4n) is 13.0. The highest BCUT2D eigenvalue weighted by Gasteiger charge is 2.57. The third kappa shape index (κ3) is 8.86. The Bertz CT molecular complexity index is 2350. The number of carboxylic acids is 1. The summed E-state index contributed by atoms with van der Waals surface area (Å²) in [5.41, 5.74) is 9.59. The minimum Gasteiger partial charge on any atom is -0.511 e. The number of rotatable bonds is 15. The van der Waals surface area contributed by atoms with Gasteiger partial charge in [-0.1, -0.05) is 109 Å². The van der Waals surface area contributed by atoms with Gasteiger partial charge in [-0.3, -0.25) is 4.79 Å². The molecule has 1 spiro atoms. The molecule has 7 N–H and O–H groups in total. The second-order valence-electron chi connectivity index (χ2n) is 19.7. The molecule has 334 valence electrons. The first-order chi connectivity index (χ1) is 30.4. The van der Waals surface area contributed by atoms with Gasteiger partial charge >= 0.3 is 5.97 Å². The maximum atomic E-state index is 14.1. The second-order valence-corrected chi connectivity index (χ2v) is 19.7. The molecule has 9 nitrogen and oxygen atoms in total. The molecule has 9 rings (SSSR count). The first-order valence-electron chi connectivity index (χ1n) is 23.5. The number of benzene rings is 3. The van der Waals surface area contributed by atoms with Crippen molar-refractivity contribution in [3.63, 3.8) is 0 Å². The van der Waals surface area contributed by atoms with Crippen LogP contribution in [0.3, 0.4) is 0 Å². The zero-order chi connectivity index (χ0) is 44.4. The Morgan fingerprint density at radius 1 is 0.873 bits per heavy atom. The lowest BCUT2D eigenvalue weighted by Crippen LogP contribution is -2.55. The summed E-state index contributed by atoms with van der Waals surface area (Å²) in [5.74, 6) is -6.16. The number of allylic oxidation sites excluding steroid dienone is 2. The molecule has 3 aromatic rings. The van der Waals surface area contributed by atoms with E-state index in [-0.39, 0.29) is 47.0 Å². The van der Waals surface area contributed by atoms with Gasteiger partial charge in [-0.25, -0.2) is 0 Å². The number of unbranched alkanes of at least 4 members (excludes halogenated alkanes) is 2. The number of carboxylic acid groups (broad SMARTS) is 1. The first kappa shape index (κ1) is 44.8. The van der Waals surface area contributed by atoms with E-state index in [1.165, 1.54) is 5.57 Å². The van der Waals surface area contributed by atoms with Crippen molar-refractivity contribution in [3.8, 4) is 5.75 Å². The van der Waals surface area contributed by atoms with E-state index in [0.717, 1.165) is 96.8 Å². The van der Waals surface area contributed by atoms with Crippen LogP contribution >= 0.6 is 0 Å². The number of aliphatic hydroxyl groups excluding tert-OH is 1. The fourth-order valence-corrected chi connectivity index (χ4v) is 13.0. The molecule has 0 saturated heterocycles. The molecule has 2 fully saturated rings. The molecule has 9 unspecified atom stereocenters. The van der Waals surface area contributed by atoms with E-state index in [2.05, 4.69) is 24.3 Å². The van der Waals surface area contributed by atoms with Gasteiger partial charge in [0.1, 0.15) is 24.1 Å². The number of carbonyl (C=O) groups excluding carboxylic acids is 2. The smallest absolute Gasteiger partial charge is 0.308 e. The van der Waals surface area contributed by atoms with E-state index < -0.39 is 41.3 Å². The quantitative estimate of drug-likeness (QED) is 0.0392. The molecule has 0 amide bonds. The van der Waals surface area contributed by atoms with Crippen molar-refractivity contribution in [1.82, 2.24) is 0 Å². The van der Waals surface area contributed by atoms with E-state index >= 15 is 0 Å². The van der Waals surface area contributed by atoms with E-state index in [4.69, 9.17) is 5.73 Å². The number of nitrogens with two attached hydrogens (primary N) is 1. The largest absolute Gasteiger partial charge is 0.511 e. The third-order valence-electron chi connectivity index (χ3n) is 16.2. The van der Waals surface area contributed by atoms with E-state index in [1.807, 2.05) is 54.6 Å². The Balaban J connectivity index is 1.19. The molecule has 6 aliphatic carbocycles. The second kappa shape index (κ2) is 18.7. The summed E-state index contributed by atoms with van der Waals surface area (Å²) >= 11 is 0. The van der Waals surface area contributed by atoms with Crippen molar-refractivity contribution in [2.75, 3.05) is 6.54 Å². The molecule has 0 heterocycles. The molecule has 6 aliphatic rings. The molecule has 9 heteroatoms. The summed E-state index contributed by atoms with van der Waals surface area (Å²) in [6, 6.07) is 23.5. The lowest BCUT2D eigenvalue weighted by Gasteiger charge is -2.52. The molecule has 4 bridgehead atoms. The van der Waals surface area contributed by atoms with E-state index in [0.29, 0.717) is 44.9 Å². The zero-order valence-electron chi connectivity index (χ0n) is 36.4. The van der Waals surface area contributed by atoms with Gasteiger partial charge in [0.2, 0.25) is 0 Å². The Kier molecular flexibility index (Phi) is 13.3. The number of aromatic hydroxyl groups is 1. The van der Waals surface area contributed by atoms with Gasteiger partial charge in [-0.15, -0.1) is 0 Å². The normalized spacial score (nSPS) is 29.5. The topological polar surface area (TPSA) is 178 Å². The Hall–Kier alpha value is -4.83. The van der Waals surface area contributed by atoms with Crippen LogP contribution in [0.1, 0.15) is 113 Å². The van der Waals surface area contributed by atoms with Crippen molar-refractivity contribution in [2.24, 2.45) is 47.2 Å². The minimum absolute atomic E-state index is 0.00614. The predicted molar refractivity (Wildman–Crippen MR) is 244 cm³/mol. The average molecular weight is 856 g/mol. The number of carbonyl (C=O) groups is 3. The highest BCUT2D eigenvalue weighted by molar-refractivity contribution is 5.74. The highest BCUT2D eigenvalue weighted by atomic mass is 16.5. The van der Waals surface area contributed by atoms with E-state index in [1.54, 1.807) is 12.1 Å². The SMILES string of the molecule is NCCC1=CC(C(C=O)CCCCCC2CC3=CC(C(O)(O)CC=O)C(C(=O)O)C4(CCC5C=c6ccccc6=C(O)C5C4)c4cccc(c4)CC2(c2ccc(O)cc2)CC3)CC1. The van der Waals surface area contributed by atoms with Crippen LogP contribution < -0.4 is 16.2 Å². The van der Waals surface area contributed by atoms with Gasteiger partial charge < -0.3 is 40.9 Å². The molecular weight excluding hydrogens is 791 g/mol. The molecule has 0 radical (unpaired) electrons. The predicted octanol–water partition coefficient (Wildman–Crippen LogP) is 7.47. The number of aliphatic carboxylic acids is 1. The van der Waals surface area contributed by atoms with Crippen LogP contribution in [0.15, 0.2) is 96.1 Å². The fraction of sp³-hybridized carbons (Fsp3) is 0.500. The molecule has 2 saturated carbocycles. The molecular formula is C54H65NO8. The Labute approximate surface area is 371 Å². The van der Waals surface area contributed by atoms with Gasteiger partial charge in [-0.2, -0.15) is 0 Å². The zero-order valence-corrected chi connectivity index (χ0v) is 36.4. The standard InChI is InChI=1S/C54H65NO8/c55-25-21-35-13-14-38(27-35)41(34-57)9-2-1-3-10-43-28-36-19-22-52(43,42-15-17-45(58)18-16-42)32-37-7-6-11-44(29-37)53(49(51(60)61)48(30-36)54(62,63)24-26-56)23-20-40-31-39-8-4-5-12-46(39)50(59)47(40)33-53/h4-8,11-12,15-18,26-27,29-31,34,38,40-41,43,47-49,58-59,62-63H,1-3,9-10,13-14,19-25,28,32-33,55H2,(H,60,61). The van der Waals surface area contributed by atoms with Crippen LogP contribution in [0.25, 0.3) is 11.8 Å². The maximum Gasteiger partial charge on any atom is 0.308 e. The Morgan fingerprint density at radius 3 is 2.44 bits per heavy atom. The number of aliphatic hydroxyl groups is 3. The monoisotopic (exact) mass is 855 g/mol. The van der Waals surface area contributed by atoms with Crippen molar-refractivity contribution in [1.29, 1.82) is 0 Å². The molecule has 0 aliphatic heterocycles. The van der Waals surface area contributed by atoms with Gasteiger partial charge in [0.15, 0.2) is 5.79 Å². The van der Waals surface area contributed by atoms with Crippen molar-refractivity contribution in [2.45, 2.75) is 119 Å². The summed E-state index contributed by atoms with van der Waals surface area (Å²) in [6.07, 6.45) is 18.5. The molecule has 63 heavy (non-hydrogen) atoms. The number of phenolic OH excluding ortho intramolecular Hbond substituents is 1. The molecule has 0 aromatic heterocycles. The summed E-state index contributed by atoms with van der Waals surface area (Å²) in [6.45, 7) is 0.625. The third-order valence-corrected chi connectivity index (χ3v) is 16.2. The number of hydrogen-bond donors (Lipinski definition) is 6. The van der Waals surface area contributed by atoms with Crippen LogP contribution in [0, 0.1) is 41.4 Å². The van der Waals surface area contributed by atoms with Gasteiger partial charge in [-0.05, 0) is 135 Å². The van der Waals surface area contributed by atoms with Crippen LogP contribution in [0.4, 0.5) is 0 Å². The summed E-state index contributed by atoms with van der Waals surface area (Å²) in [7, 11) is 0. The van der Waals surface area contributed by atoms with Gasteiger partial charge in [0.25, 0.3) is 0 Å². The number of fused-ring (bicyclic) bond motifs is 6. The van der Waals surface area contributed by atoms with Crippen LogP contribution in [-0.4, -0.2) is 56.4 Å². The number of phenols is 1. The Morgan fingerprint density at radius 2 is 1.68 bits per heavy atom. The molecule has 9 atom stereocenters. The molecule has 3 aromatic carbocycles. The van der Waals surface area contributed by atoms with Gasteiger partial charge in [0, 0.05) is 33.8 Å². The highest BCUT2D eigenvalue weighted by Crippen LogP contribution is 2.57. The van der Waals surface area contributed by atoms with Crippen LogP contribution in [0.2, 0.25) is 0 Å². The van der Waals surface area contributed by atoms with Crippen molar-refractivity contribution in [3.05, 3.63) is 123 Å². The summed E-state index contributed by atoms with van der Waals surface area (Å²) in [4.78, 5) is 38.6. The van der Waals surface area contributed by atoms with Crippen LogP contribution in [0.5, 0.6) is 5.75 Å². The average Bonchev–Trinajstić information content (AvgIpc) is 3.74. The summed E-state index contributed by atoms with van der Waals surface area (Å²) < 4.78 is 0. The summed E-state index contributed by atoms with van der Waals surface area (Å²) in [5, 5.41) is 59.6. The lowest BCUT2D eigenvalue weighted by atomic mass is 9.51. The van der Waals surface area contributed by atoms with Crippen LogP contribution in [-0.2, 0) is 31.6 Å². The van der Waals surface area contributed by atoms with E-state index in [9.17, 15) is 39.9 Å².